The van der Waals surface area contributed by atoms with Crippen LogP contribution in [0.5, 0.6) is 0 Å². The number of aromatic amines is 1. The summed E-state index contributed by atoms with van der Waals surface area (Å²) in [5.74, 6) is 0. The van der Waals surface area contributed by atoms with Crippen LogP contribution in [-0.4, -0.2) is 37.9 Å². The molecule has 7 heteroatoms. The van der Waals surface area contributed by atoms with Crippen molar-refractivity contribution in [2.45, 2.75) is 31.3 Å². The van der Waals surface area contributed by atoms with E-state index in [1.165, 1.54) is 12.4 Å². The Labute approximate surface area is 95.4 Å². The van der Waals surface area contributed by atoms with Gasteiger partial charge in [-0.15, -0.1) is 0 Å². The molecule has 0 atom stereocenters. The van der Waals surface area contributed by atoms with E-state index in [2.05, 4.69) is 14.9 Å². The molecule has 2 N–H and O–H groups in total. The lowest BCUT2D eigenvalue weighted by molar-refractivity contribution is 0.0778. The third kappa shape index (κ3) is 4.30. The minimum absolute atomic E-state index is 0.150. The number of hydrogen-bond donors (Lipinski definition) is 2. The molecule has 0 bridgehead atoms. The Balaban J connectivity index is 2.28. The second-order valence-corrected chi connectivity index (χ2v) is 5.37. The van der Waals surface area contributed by atoms with Gasteiger partial charge in [0.15, 0.2) is 0 Å². The third-order valence-corrected chi connectivity index (χ3v) is 3.28. The minimum Gasteiger partial charge on any atom is -0.379 e. The highest BCUT2D eigenvalue weighted by Gasteiger charge is 2.13. The van der Waals surface area contributed by atoms with Gasteiger partial charge in [-0.2, -0.15) is 5.10 Å². The largest absolute Gasteiger partial charge is 0.379 e. The lowest BCUT2D eigenvalue weighted by Crippen LogP contribution is -2.25. The van der Waals surface area contributed by atoms with Gasteiger partial charge in [-0.1, -0.05) is 0 Å². The molecule has 1 aromatic rings. The number of sulfonamides is 1. The molecule has 92 valence electrons. The summed E-state index contributed by atoms with van der Waals surface area (Å²) in [6.07, 6.45) is 3.43. The Bertz CT molecular complexity index is 386. The van der Waals surface area contributed by atoms with Gasteiger partial charge in [-0.3, -0.25) is 5.10 Å². The van der Waals surface area contributed by atoms with Gasteiger partial charge in [0, 0.05) is 19.3 Å². The molecule has 6 nitrogen and oxygen atoms in total. The van der Waals surface area contributed by atoms with Crippen LogP contribution in [0.1, 0.15) is 20.3 Å². The highest BCUT2D eigenvalue weighted by Crippen LogP contribution is 2.03. The fraction of sp³-hybridized carbons (Fsp3) is 0.667. The summed E-state index contributed by atoms with van der Waals surface area (Å²) in [7, 11) is -3.42. The number of aromatic nitrogens is 2. The van der Waals surface area contributed by atoms with E-state index >= 15 is 0 Å². The van der Waals surface area contributed by atoms with E-state index in [9.17, 15) is 8.42 Å². The Kier molecular flexibility index (Phi) is 4.91. The van der Waals surface area contributed by atoms with E-state index in [1.54, 1.807) is 0 Å². The number of H-pyrrole nitrogens is 1. The average Bonchev–Trinajstić information content (AvgIpc) is 2.69. The zero-order valence-electron chi connectivity index (χ0n) is 9.43. The Morgan fingerprint density at radius 1 is 1.56 bits per heavy atom. The molecule has 0 spiro atoms. The topological polar surface area (TPSA) is 84.1 Å². The summed E-state index contributed by atoms with van der Waals surface area (Å²) in [6.45, 7) is 4.79. The van der Waals surface area contributed by atoms with Crippen molar-refractivity contribution in [2.75, 3.05) is 13.2 Å². The summed E-state index contributed by atoms with van der Waals surface area (Å²) in [5, 5.41) is 6.05. The minimum atomic E-state index is -3.42. The van der Waals surface area contributed by atoms with Crippen LogP contribution in [0, 0.1) is 0 Å². The van der Waals surface area contributed by atoms with Gasteiger partial charge in [0.25, 0.3) is 0 Å². The van der Waals surface area contributed by atoms with Gasteiger partial charge in [0.2, 0.25) is 10.0 Å². The Morgan fingerprint density at radius 3 is 2.88 bits per heavy atom. The number of nitrogens with one attached hydrogen (secondary N) is 2. The summed E-state index contributed by atoms with van der Waals surface area (Å²) < 4.78 is 30.9. The zero-order chi connectivity index (χ0) is 12.0. The van der Waals surface area contributed by atoms with Crippen LogP contribution in [0.15, 0.2) is 17.3 Å². The van der Waals surface area contributed by atoms with Gasteiger partial charge >= 0.3 is 0 Å². The normalized spacial score (nSPS) is 12.2. The van der Waals surface area contributed by atoms with E-state index in [1.807, 2.05) is 13.8 Å². The molecule has 0 aliphatic carbocycles. The molecule has 1 rings (SSSR count). The molecular formula is C9H17N3O3S. The van der Waals surface area contributed by atoms with Crippen LogP contribution < -0.4 is 4.72 Å². The monoisotopic (exact) mass is 247 g/mol. The van der Waals surface area contributed by atoms with Crippen molar-refractivity contribution in [2.24, 2.45) is 0 Å². The van der Waals surface area contributed by atoms with E-state index in [0.29, 0.717) is 19.6 Å². The van der Waals surface area contributed by atoms with Crippen LogP contribution in [0.25, 0.3) is 0 Å². The molecule has 0 saturated carbocycles. The van der Waals surface area contributed by atoms with E-state index < -0.39 is 10.0 Å². The standard InChI is InChI=1S/C9H17N3O3S/c1-8(2)15-5-3-4-12-16(13,14)9-6-10-11-7-9/h6-8,12H,3-5H2,1-2H3,(H,10,11). The molecule has 0 unspecified atom stereocenters. The quantitative estimate of drug-likeness (QED) is 0.687. The first-order valence-corrected chi connectivity index (χ1v) is 6.61. The molecule has 1 aromatic heterocycles. The number of nitrogens with zero attached hydrogens (tertiary/aromatic N) is 1. The van der Waals surface area contributed by atoms with Gasteiger partial charge in [0.1, 0.15) is 4.90 Å². The van der Waals surface area contributed by atoms with Crippen LogP contribution in [0.4, 0.5) is 0 Å². The van der Waals surface area contributed by atoms with Gasteiger partial charge in [0.05, 0.1) is 12.3 Å². The SMILES string of the molecule is CC(C)OCCCNS(=O)(=O)c1cn[nH]c1. The van der Waals surface area contributed by atoms with Crippen molar-refractivity contribution in [1.29, 1.82) is 0 Å². The molecule has 1 heterocycles. The Hall–Kier alpha value is -0.920. The average molecular weight is 247 g/mol. The second-order valence-electron chi connectivity index (χ2n) is 3.60. The first-order chi connectivity index (χ1) is 7.52. The van der Waals surface area contributed by atoms with E-state index in [0.717, 1.165) is 0 Å². The van der Waals surface area contributed by atoms with Crippen molar-refractivity contribution in [3.05, 3.63) is 12.4 Å². The maximum absolute atomic E-state index is 11.6. The fourth-order valence-corrected chi connectivity index (χ4v) is 2.05. The van der Waals surface area contributed by atoms with Crippen LogP contribution in [0.3, 0.4) is 0 Å². The molecule has 0 radical (unpaired) electrons. The first kappa shape index (κ1) is 13.1. The number of ether oxygens (including phenoxy) is 1. The van der Waals surface area contributed by atoms with Crippen molar-refractivity contribution in [1.82, 2.24) is 14.9 Å². The summed E-state index contributed by atoms with van der Waals surface area (Å²) in [4.78, 5) is 0.150. The van der Waals surface area contributed by atoms with Gasteiger partial charge in [-0.25, -0.2) is 13.1 Å². The maximum Gasteiger partial charge on any atom is 0.243 e. The molecule has 0 aromatic carbocycles. The van der Waals surface area contributed by atoms with E-state index in [-0.39, 0.29) is 11.0 Å². The molecular weight excluding hydrogens is 230 g/mol. The fourth-order valence-electron chi connectivity index (χ4n) is 1.07. The summed E-state index contributed by atoms with van der Waals surface area (Å²) in [6, 6.07) is 0. The van der Waals surface area contributed by atoms with Gasteiger partial charge in [-0.05, 0) is 20.3 Å². The van der Waals surface area contributed by atoms with Gasteiger partial charge < -0.3 is 4.74 Å². The zero-order valence-corrected chi connectivity index (χ0v) is 10.3. The molecule has 0 saturated heterocycles. The van der Waals surface area contributed by atoms with Crippen molar-refractivity contribution >= 4 is 10.0 Å². The smallest absolute Gasteiger partial charge is 0.243 e. The van der Waals surface area contributed by atoms with E-state index in [4.69, 9.17) is 4.74 Å². The summed E-state index contributed by atoms with van der Waals surface area (Å²) >= 11 is 0. The summed E-state index contributed by atoms with van der Waals surface area (Å²) in [5.41, 5.74) is 0. The lowest BCUT2D eigenvalue weighted by atomic mass is 10.4. The Morgan fingerprint density at radius 2 is 2.31 bits per heavy atom. The molecule has 0 amide bonds. The molecule has 0 fully saturated rings. The van der Waals surface area contributed by atoms with Crippen LogP contribution >= 0.6 is 0 Å². The van der Waals surface area contributed by atoms with Crippen molar-refractivity contribution in [3.8, 4) is 0 Å². The predicted molar refractivity (Wildman–Crippen MR) is 59.5 cm³/mol. The number of hydrogen-bond acceptors (Lipinski definition) is 4. The van der Waals surface area contributed by atoms with Crippen molar-refractivity contribution in [3.63, 3.8) is 0 Å². The molecule has 0 aliphatic rings. The highest BCUT2D eigenvalue weighted by atomic mass is 32.2. The second kappa shape index (κ2) is 5.97. The van der Waals surface area contributed by atoms with Crippen LogP contribution in [0.2, 0.25) is 0 Å². The molecule has 16 heavy (non-hydrogen) atoms. The molecule has 0 aliphatic heterocycles. The predicted octanol–water partition coefficient (Wildman–Crippen LogP) is 0.503. The van der Waals surface area contributed by atoms with Crippen molar-refractivity contribution < 1.29 is 13.2 Å². The number of rotatable bonds is 7. The van der Waals surface area contributed by atoms with Crippen LogP contribution in [-0.2, 0) is 14.8 Å². The highest BCUT2D eigenvalue weighted by molar-refractivity contribution is 7.89. The maximum atomic E-state index is 11.6. The lowest BCUT2D eigenvalue weighted by Gasteiger charge is -2.07. The first-order valence-electron chi connectivity index (χ1n) is 5.12. The third-order valence-electron chi connectivity index (χ3n) is 1.85.